The van der Waals surface area contributed by atoms with Gasteiger partial charge >= 0.3 is 0 Å². The molecule has 1 heterocycles. The molecule has 1 saturated heterocycles. The van der Waals surface area contributed by atoms with Gasteiger partial charge in [0.15, 0.2) is 0 Å². The van der Waals surface area contributed by atoms with Crippen LogP contribution >= 0.6 is 0 Å². The van der Waals surface area contributed by atoms with E-state index in [-0.39, 0.29) is 5.91 Å². The van der Waals surface area contributed by atoms with Gasteiger partial charge in [0.05, 0.1) is 6.61 Å². The van der Waals surface area contributed by atoms with Crippen LogP contribution in [0.2, 0.25) is 0 Å². The van der Waals surface area contributed by atoms with Crippen molar-refractivity contribution in [2.24, 2.45) is 5.92 Å². The van der Waals surface area contributed by atoms with Gasteiger partial charge < -0.3 is 19.7 Å². The van der Waals surface area contributed by atoms with E-state index in [2.05, 4.69) is 17.1 Å². The topological polar surface area (TPSA) is 50.8 Å². The molecule has 152 valence electrons. The molecule has 1 aromatic carbocycles. The fraction of sp³-hybridized carbons (Fsp3) is 0.682. The molecule has 0 aliphatic carbocycles. The Hall–Kier alpha value is -1.59. The Morgan fingerprint density at radius 2 is 2.07 bits per heavy atom. The lowest BCUT2D eigenvalue weighted by Gasteiger charge is -2.30. The molecule has 27 heavy (non-hydrogen) atoms. The number of likely N-dealkylation sites (tertiary alicyclic amines) is 1. The van der Waals surface area contributed by atoms with Crippen molar-refractivity contribution in [2.75, 3.05) is 38.7 Å². The molecule has 0 spiro atoms. The maximum absolute atomic E-state index is 12.5. The first kappa shape index (κ1) is 21.7. The third-order valence-corrected chi connectivity index (χ3v) is 5.40. The summed E-state index contributed by atoms with van der Waals surface area (Å²) in [6.45, 7) is 10.5. The molecule has 1 fully saturated rings. The number of amides is 1. The Morgan fingerprint density at radius 3 is 2.70 bits per heavy atom. The molecule has 0 radical (unpaired) electrons. The van der Waals surface area contributed by atoms with Gasteiger partial charge in [-0.05, 0) is 69.3 Å². The lowest BCUT2D eigenvalue weighted by Crippen LogP contribution is -2.41. The molecule has 1 aromatic rings. The number of hydrogen-bond acceptors (Lipinski definition) is 4. The first-order valence-corrected chi connectivity index (χ1v) is 10.3. The van der Waals surface area contributed by atoms with E-state index in [1.165, 1.54) is 25.9 Å². The van der Waals surface area contributed by atoms with Crippen molar-refractivity contribution >= 4 is 11.6 Å². The first-order chi connectivity index (χ1) is 13.0. The van der Waals surface area contributed by atoms with Gasteiger partial charge in [-0.15, -0.1) is 0 Å². The van der Waals surface area contributed by atoms with E-state index in [4.69, 9.17) is 9.47 Å². The summed E-state index contributed by atoms with van der Waals surface area (Å²) in [5.41, 5.74) is -0.0374. The molecule has 2 rings (SSSR count). The molecular weight excluding hydrogens is 340 g/mol. The summed E-state index contributed by atoms with van der Waals surface area (Å²) in [4.78, 5) is 15.0. The largest absolute Gasteiger partial charge is 0.494 e. The number of carbonyl (C=O) groups is 1. The summed E-state index contributed by atoms with van der Waals surface area (Å²) in [6.07, 6.45) is 5.29. The first-order valence-electron chi connectivity index (χ1n) is 10.3. The van der Waals surface area contributed by atoms with Gasteiger partial charge in [-0.1, -0.05) is 20.3 Å². The van der Waals surface area contributed by atoms with Gasteiger partial charge in [-0.25, -0.2) is 0 Å². The number of hydrogen-bond donors (Lipinski definition) is 1. The predicted molar refractivity (Wildman–Crippen MR) is 110 cm³/mol. The minimum absolute atomic E-state index is 0.115. The predicted octanol–water partition coefficient (Wildman–Crippen LogP) is 4.33. The lowest BCUT2D eigenvalue weighted by molar-refractivity contribution is -0.136. The van der Waals surface area contributed by atoms with E-state index in [0.717, 1.165) is 43.3 Å². The molecular formula is C22H36N2O3. The standard InChI is InChI=1S/C22H36N2O3/c1-5-13-22(3,26-4)21(25)23-19-9-11-20(12-10-19)27-16-7-15-24-14-6-8-18(2)17-24/h9-12,18H,5-8,13-17H2,1-4H3,(H,23,25)/t18-,22-/m0/s1. The summed E-state index contributed by atoms with van der Waals surface area (Å²) >= 11 is 0. The van der Waals surface area contributed by atoms with Crippen LogP contribution in [0.15, 0.2) is 24.3 Å². The van der Waals surface area contributed by atoms with E-state index in [1.54, 1.807) is 7.11 Å². The van der Waals surface area contributed by atoms with Crippen molar-refractivity contribution in [1.29, 1.82) is 0 Å². The van der Waals surface area contributed by atoms with Crippen molar-refractivity contribution < 1.29 is 14.3 Å². The third kappa shape index (κ3) is 6.82. The van der Waals surface area contributed by atoms with Crippen LogP contribution in [0.1, 0.15) is 52.9 Å². The number of piperidine rings is 1. The second kappa shape index (κ2) is 10.7. The summed E-state index contributed by atoms with van der Waals surface area (Å²) in [5.74, 6) is 1.54. The number of nitrogens with zero attached hydrogens (tertiary/aromatic N) is 1. The number of rotatable bonds is 10. The molecule has 0 unspecified atom stereocenters. The van der Waals surface area contributed by atoms with Crippen LogP contribution in [0, 0.1) is 5.92 Å². The van der Waals surface area contributed by atoms with Gasteiger partial charge in [0.2, 0.25) is 0 Å². The van der Waals surface area contributed by atoms with Gasteiger partial charge in [0, 0.05) is 25.9 Å². The zero-order valence-corrected chi connectivity index (χ0v) is 17.4. The minimum Gasteiger partial charge on any atom is -0.494 e. The minimum atomic E-state index is -0.796. The highest BCUT2D eigenvalue weighted by molar-refractivity contribution is 5.97. The molecule has 1 aliphatic rings. The van der Waals surface area contributed by atoms with Gasteiger partial charge in [-0.2, -0.15) is 0 Å². The number of methoxy groups -OCH3 is 1. The number of anilines is 1. The Balaban J connectivity index is 1.74. The van der Waals surface area contributed by atoms with Crippen LogP contribution in [0.3, 0.4) is 0 Å². The van der Waals surface area contributed by atoms with Crippen LogP contribution < -0.4 is 10.1 Å². The molecule has 0 aromatic heterocycles. The van der Waals surface area contributed by atoms with E-state index in [1.807, 2.05) is 38.1 Å². The van der Waals surface area contributed by atoms with Crippen LogP contribution in [-0.2, 0) is 9.53 Å². The van der Waals surface area contributed by atoms with Crippen molar-refractivity contribution in [2.45, 2.75) is 58.5 Å². The number of nitrogens with one attached hydrogen (secondary N) is 1. The number of carbonyl (C=O) groups excluding carboxylic acids is 1. The monoisotopic (exact) mass is 376 g/mol. The third-order valence-electron chi connectivity index (χ3n) is 5.40. The average molecular weight is 377 g/mol. The highest BCUT2D eigenvalue weighted by Crippen LogP contribution is 2.21. The Bertz CT molecular complexity index is 575. The van der Waals surface area contributed by atoms with Crippen molar-refractivity contribution in [3.63, 3.8) is 0 Å². The van der Waals surface area contributed by atoms with E-state index in [9.17, 15) is 4.79 Å². The van der Waals surface area contributed by atoms with E-state index in [0.29, 0.717) is 6.42 Å². The lowest BCUT2D eigenvalue weighted by atomic mass is 9.99. The Labute approximate surface area is 164 Å². The van der Waals surface area contributed by atoms with Gasteiger partial charge in [0.25, 0.3) is 5.91 Å². The normalized spacial score (nSPS) is 20.1. The highest BCUT2D eigenvalue weighted by Gasteiger charge is 2.32. The Morgan fingerprint density at radius 1 is 1.33 bits per heavy atom. The van der Waals surface area contributed by atoms with E-state index < -0.39 is 5.60 Å². The zero-order chi connectivity index (χ0) is 19.7. The van der Waals surface area contributed by atoms with Crippen molar-refractivity contribution in [1.82, 2.24) is 4.90 Å². The molecule has 1 amide bonds. The SMILES string of the molecule is CCC[C@](C)(OC)C(=O)Nc1ccc(OCCCN2CCC[C@H](C)C2)cc1. The number of ether oxygens (including phenoxy) is 2. The maximum atomic E-state index is 12.5. The van der Waals surface area contributed by atoms with Crippen LogP contribution in [-0.4, -0.2) is 49.8 Å². The smallest absolute Gasteiger partial charge is 0.256 e. The van der Waals surface area contributed by atoms with Crippen LogP contribution in [0.4, 0.5) is 5.69 Å². The average Bonchev–Trinajstić information content (AvgIpc) is 2.66. The maximum Gasteiger partial charge on any atom is 0.256 e. The molecule has 5 heteroatoms. The number of benzene rings is 1. The quantitative estimate of drug-likeness (QED) is 0.618. The molecule has 0 bridgehead atoms. The molecule has 1 aliphatic heterocycles. The van der Waals surface area contributed by atoms with E-state index >= 15 is 0 Å². The summed E-state index contributed by atoms with van der Waals surface area (Å²) < 4.78 is 11.3. The van der Waals surface area contributed by atoms with Crippen LogP contribution in [0.25, 0.3) is 0 Å². The molecule has 2 atom stereocenters. The second-order valence-corrected chi connectivity index (χ2v) is 7.91. The van der Waals surface area contributed by atoms with Crippen LogP contribution in [0.5, 0.6) is 5.75 Å². The molecule has 0 saturated carbocycles. The summed E-state index contributed by atoms with van der Waals surface area (Å²) in [6, 6.07) is 7.56. The molecule has 5 nitrogen and oxygen atoms in total. The fourth-order valence-electron chi connectivity index (χ4n) is 3.65. The van der Waals surface area contributed by atoms with Gasteiger partial charge in [0.1, 0.15) is 11.4 Å². The molecule has 1 N–H and O–H groups in total. The van der Waals surface area contributed by atoms with Crippen molar-refractivity contribution in [3.8, 4) is 5.75 Å². The van der Waals surface area contributed by atoms with Gasteiger partial charge in [-0.3, -0.25) is 4.79 Å². The summed E-state index contributed by atoms with van der Waals surface area (Å²) in [7, 11) is 1.58. The highest BCUT2D eigenvalue weighted by atomic mass is 16.5. The summed E-state index contributed by atoms with van der Waals surface area (Å²) in [5, 5.41) is 2.93. The Kier molecular flexibility index (Phi) is 8.58. The van der Waals surface area contributed by atoms with Crippen molar-refractivity contribution in [3.05, 3.63) is 24.3 Å². The fourth-order valence-corrected chi connectivity index (χ4v) is 3.65. The zero-order valence-electron chi connectivity index (χ0n) is 17.4. The second-order valence-electron chi connectivity index (χ2n) is 7.91.